The van der Waals surface area contributed by atoms with E-state index in [9.17, 15) is 13.2 Å². The first-order valence-electron chi connectivity index (χ1n) is 10.3. The van der Waals surface area contributed by atoms with Gasteiger partial charge in [0.15, 0.2) is 0 Å². The predicted octanol–water partition coefficient (Wildman–Crippen LogP) is 2.90. The second-order valence-electron chi connectivity index (χ2n) is 7.17. The van der Waals surface area contributed by atoms with Gasteiger partial charge in [0.1, 0.15) is 11.9 Å². The summed E-state index contributed by atoms with van der Waals surface area (Å²) < 4.78 is 27.1. The number of benzene rings is 2. The van der Waals surface area contributed by atoms with Gasteiger partial charge in [-0.15, -0.1) is 0 Å². The lowest BCUT2D eigenvalue weighted by Gasteiger charge is -2.14. The van der Waals surface area contributed by atoms with E-state index in [0.29, 0.717) is 18.5 Å². The van der Waals surface area contributed by atoms with E-state index in [4.69, 9.17) is 0 Å². The van der Waals surface area contributed by atoms with Gasteiger partial charge >= 0.3 is 0 Å². The van der Waals surface area contributed by atoms with Crippen molar-refractivity contribution in [1.29, 1.82) is 0 Å². The first-order chi connectivity index (χ1) is 14.5. The normalized spacial score (nSPS) is 16.5. The molecule has 0 fully saturated rings. The maximum Gasteiger partial charge on any atom is 0.263 e. The fourth-order valence-corrected chi connectivity index (χ4v) is 4.48. The van der Waals surface area contributed by atoms with Crippen LogP contribution in [0.15, 0.2) is 64.5 Å². The van der Waals surface area contributed by atoms with Crippen molar-refractivity contribution >= 4 is 27.5 Å². The van der Waals surface area contributed by atoms with Crippen LogP contribution >= 0.6 is 0 Å². The summed E-state index contributed by atoms with van der Waals surface area (Å²) in [7, 11) is -3.62. The number of hydrogen-bond acceptors (Lipinski definition) is 5. The van der Waals surface area contributed by atoms with Crippen LogP contribution in [0.2, 0.25) is 0 Å². The number of nitrogens with zero attached hydrogens (tertiary/aromatic N) is 1. The summed E-state index contributed by atoms with van der Waals surface area (Å²) in [6.45, 7) is 3.31. The summed E-state index contributed by atoms with van der Waals surface area (Å²) in [4.78, 5) is 17.4. The average Bonchev–Trinajstić information content (AvgIpc) is 3.01. The number of para-hydroxylation sites is 1. The summed E-state index contributed by atoms with van der Waals surface area (Å²) in [5.74, 6) is 0.0619. The summed E-state index contributed by atoms with van der Waals surface area (Å²) >= 11 is 0. The maximum absolute atomic E-state index is 12.7. The van der Waals surface area contributed by atoms with Crippen LogP contribution in [-0.4, -0.2) is 39.3 Å². The molecule has 2 aromatic rings. The van der Waals surface area contributed by atoms with E-state index in [-0.39, 0.29) is 16.6 Å². The molecule has 1 amide bonds. The van der Waals surface area contributed by atoms with Crippen LogP contribution in [-0.2, 0) is 14.8 Å². The summed E-state index contributed by atoms with van der Waals surface area (Å²) in [5.41, 5.74) is 1.56. The zero-order valence-corrected chi connectivity index (χ0v) is 17.9. The number of amides is 1. The smallest absolute Gasteiger partial charge is 0.263 e. The van der Waals surface area contributed by atoms with Crippen LogP contribution in [0.25, 0.3) is 0 Å². The number of carbonyl (C=O) groups is 1. The molecule has 2 aromatic carbocycles. The standard InChI is InChI=1S/C22H28N4O3S/c1-2-3-13-19(22(27)24-16-9-15-23-17-10-5-4-6-11-17)25-21-18-12-7-8-14-20(18)30(28,29)26-21/h4-8,10-12,14,19,23H,2-3,9,13,15-16H2,1H3,(H,24,27)(H,25,26). The molecule has 1 aliphatic heterocycles. The zero-order chi connectivity index (χ0) is 21.4. The van der Waals surface area contributed by atoms with Crippen molar-refractivity contribution in [3.63, 3.8) is 0 Å². The highest BCUT2D eigenvalue weighted by molar-refractivity contribution is 7.90. The molecule has 8 heteroatoms. The lowest BCUT2D eigenvalue weighted by Crippen LogP contribution is -2.36. The molecule has 0 aliphatic carbocycles. The lowest BCUT2D eigenvalue weighted by molar-refractivity contribution is -0.122. The number of aliphatic imine (C=N–C) groups is 1. The Morgan fingerprint density at radius 1 is 1.03 bits per heavy atom. The van der Waals surface area contributed by atoms with Crippen LogP contribution < -0.4 is 15.4 Å². The number of rotatable bonds is 10. The van der Waals surface area contributed by atoms with Crippen LogP contribution in [0.1, 0.15) is 38.2 Å². The summed E-state index contributed by atoms with van der Waals surface area (Å²) in [6, 6.07) is 15.9. The van der Waals surface area contributed by atoms with Crippen molar-refractivity contribution in [2.45, 2.75) is 43.5 Å². The molecule has 1 aliphatic rings. The van der Waals surface area contributed by atoms with E-state index in [1.807, 2.05) is 37.3 Å². The Morgan fingerprint density at radius 2 is 1.77 bits per heavy atom. The molecule has 1 heterocycles. The number of fused-ring (bicyclic) bond motifs is 1. The Balaban J connectivity index is 1.60. The fourth-order valence-electron chi connectivity index (χ4n) is 3.24. The minimum absolute atomic E-state index is 0.181. The third kappa shape index (κ3) is 5.60. The van der Waals surface area contributed by atoms with Crippen LogP contribution in [0.5, 0.6) is 0 Å². The number of amidine groups is 1. The largest absolute Gasteiger partial charge is 0.385 e. The van der Waals surface area contributed by atoms with Crippen LogP contribution in [0.3, 0.4) is 0 Å². The molecule has 1 atom stereocenters. The highest BCUT2D eigenvalue weighted by Crippen LogP contribution is 2.23. The molecule has 3 rings (SSSR count). The van der Waals surface area contributed by atoms with Gasteiger partial charge in [-0.05, 0) is 37.1 Å². The first-order valence-corrected chi connectivity index (χ1v) is 11.8. The molecule has 0 aromatic heterocycles. The minimum atomic E-state index is -3.62. The molecule has 7 nitrogen and oxygen atoms in total. The second-order valence-corrected chi connectivity index (χ2v) is 8.83. The van der Waals surface area contributed by atoms with Crippen molar-refractivity contribution in [3.8, 4) is 0 Å². The maximum atomic E-state index is 12.7. The van der Waals surface area contributed by atoms with Gasteiger partial charge < -0.3 is 10.6 Å². The van der Waals surface area contributed by atoms with Crippen molar-refractivity contribution in [2.24, 2.45) is 4.99 Å². The van der Waals surface area contributed by atoms with Gasteiger partial charge in [-0.1, -0.05) is 50.1 Å². The highest BCUT2D eigenvalue weighted by Gasteiger charge is 2.31. The molecule has 160 valence electrons. The second kappa shape index (κ2) is 10.2. The lowest BCUT2D eigenvalue weighted by atomic mass is 10.1. The molecular formula is C22H28N4O3S. The SMILES string of the molecule is CCCCC(N=C1NS(=O)(=O)c2ccccc21)C(=O)NCCCNc1ccccc1. The quantitative estimate of drug-likeness (QED) is 0.507. The van der Waals surface area contributed by atoms with Crippen molar-refractivity contribution in [1.82, 2.24) is 10.0 Å². The number of sulfonamides is 1. The van der Waals surface area contributed by atoms with Gasteiger partial charge in [0.2, 0.25) is 5.91 Å². The molecule has 3 N–H and O–H groups in total. The van der Waals surface area contributed by atoms with Gasteiger partial charge in [-0.3, -0.25) is 14.5 Å². The number of hydrogen-bond donors (Lipinski definition) is 3. The molecule has 0 spiro atoms. The topological polar surface area (TPSA) is 99.7 Å². The number of unbranched alkanes of at least 4 members (excludes halogenated alkanes) is 1. The Kier molecular flexibility index (Phi) is 7.46. The Labute approximate surface area is 178 Å². The van der Waals surface area contributed by atoms with Gasteiger partial charge in [0.05, 0.1) is 4.90 Å². The number of carbonyl (C=O) groups excluding carboxylic acids is 1. The highest BCUT2D eigenvalue weighted by atomic mass is 32.2. The fraction of sp³-hybridized carbons (Fsp3) is 0.364. The third-order valence-electron chi connectivity index (χ3n) is 4.84. The minimum Gasteiger partial charge on any atom is -0.385 e. The van der Waals surface area contributed by atoms with Crippen molar-refractivity contribution in [3.05, 3.63) is 60.2 Å². The zero-order valence-electron chi connectivity index (χ0n) is 17.1. The van der Waals surface area contributed by atoms with Gasteiger partial charge in [-0.25, -0.2) is 8.42 Å². The van der Waals surface area contributed by atoms with Crippen LogP contribution in [0.4, 0.5) is 5.69 Å². The van der Waals surface area contributed by atoms with E-state index in [0.717, 1.165) is 31.5 Å². The summed E-state index contributed by atoms with van der Waals surface area (Å²) in [6.07, 6.45) is 3.10. The van der Waals surface area contributed by atoms with E-state index in [2.05, 4.69) is 20.3 Å². The van der Waals surface area contributed by atoms with Gasteiger partial charge in [-0.2, -0.15) is 0 Å². The summed E-state index contributed by atoms with van der Waals surface area (Å²) in [5, 5.41) is 6.24. The Bertz CT molecular complexity index is 990. The molecule has 0 saturated carbocycles. The van der Waals surface area contributed by atoms with Crippen molar-refractivity contribution in [2.75, 3.05) is 18.4 Å². The van der Waals surface area contributed by atoms with Gasteiger partial charge in [0, 0.05) is 24.3 Å². The Morgan fingerprint density at radius 3 is 2.53 bits per heavy atom. The average molecular weight is 429 g/mol. The Hall–Kier alpha value is -2.87. The predicted molar refractivity (Wildman–Crippen MR) is 119 cm³/mol. The molecule has 30 heavy (non-hydrogen) atoms. The molecule has 0 bridgehead atoms. The number of anilines is 1. The van der Waals surface area contributed by atoms with E-state index < -0.39 is 16.1 Å². The molecule has 0 saturated heterocycles. The van der Waals surface area contributed by atoms with Crippen LogP contribution in [0, 0.1) is 0 Å². The van der Waals surface area contributed by atoms with E-state index in [1.165, 1.54) is 0 Å². The van der Waals surface area contributed by atoms with E-state index in [1.54, 1.807) is 24.3 Å². The first kappa shape index (κ1) is 21.8. The third-order valence-corrected chi connectivity index (χ3v) is 6.23. The monoisotopic (exact) mass is 428 g/mol. The molecule has 0 radical (unpaired) electrons. The van der Waals surface area contributed by atoms with E-state index >= 15 is 0 Å². The number of nitrogens with one attached hydrogen (secondary N) is 3. The van der Waals surface area contributed by atoms with Gasteiger partial charge in [0.25, 0.3) is 10.0 Å². The van der Waals surface area contributed by atoms with Crippen molar-refractivity contribution < 1.29 is 13.2 Å². The molecular weight excluding hydrogens is 400 g/mol. The molecule has 1 unspecified atom stereocenters.